The summed E-state index contributed by atoms with van der Waals surface area (Å²) in [6, 6.07) is 14.8. The van der Waals surface area contributed by atoms with Gasteiger partial charge in [-0.3, -0.25) is 0 Å². The van der Waals surface area contributed by atoms with Gasteiger partial charge >= 0.3 is 0 Å². The molecule has 40 heavy (non-hydrogen) atoms. The lowest BCUT2D eigenvalue weighted by molar-refractivity contribution is 0.284. The first kappa shape index (κ1) is 30.0. The molecule has 2 heterocycles. The monoisotopic (exact) mass is 627 g/mol. The van der Waals surface area contributed by atoms with Crippen molar-refractivity contribution in [3.63, 3.8) is 0 Å². The van der Waals surface area contributed by atoms with Crippen LogP contribution in [0.2, 0.25) is 0 Å². The Bertz CT molecular complexity index is 1460. The molecule has 0 spiro atoms. The molecule has 0 saturated heterocycles. The number of benzene rings is 2. The third-order valence-electron chi connectivity index (χ3n) is 7.25. The van der Waals surface area contributed by atoms with Gasteiger partial charge in [0.1, 0.15) is 5.82 Å². The Hall–Kier alpha value is -3.02. The molecule has 1 aliphatic carbocycles. The first-order chi connectivity index (χ1) is 19.0. The predicted molar refractivity (Wildman–Crippen MR) is 165 cm³/mol. The van der Waals surface area contributed by atoms with Crippen molar-refractivity contribution in [3.8, 4) is 0 Å². The summed E-state index contributed by atoms with van der Waals surface area (Å²) in [7, 11) is -3.49. The molecular formula is C29H38BrN7O2S. The summed E-state index contributed by atoms with van der Waals surface area (Å²) in [5.74, 6) is 2.33. The molecule has 0 bridgehead atoms. The number of hydrogen-bond acceptors (Lipinski definition) is 7. The molecule has 0 amide bonds. The Morgan fingerprint density at radius 2 is 1.65 bits per heavy atom. The number of hydrogen-bond donors (Lipinski definition) is 3. The van der Waals surface area contributed by atoms with Crippen molar-refractivity contribution in [2.24, 2.45) is 11.8 Å². The van der Waals surface area contributed by atoms with Crippen LogP contribution in [-0.4, -0.2) is 47.6 Å². The van der Waals surface area contributed by atoms with Crippen LogP contribution in [0, 0.1) is 11.8 Å². The minimum absolute atomic E-state index is 0. The maximum absolute atomic E-state index is 12.6. The highest BCUT2D eigenvalue weighted by atomic mass is 79.9. The Labute approximate surface area is 245 Å². The minimum atomic E-state index is -3.49. The molecular weight excluding hydrogens is 590 g/mol. The predicted octanol–water partition coefficient (Wildman–Crippen LogP) is 5.92. The van der Waals surface area contributed by atoms with Gasteiger partial charge in [-0.2, -0.15) is 4.98 Å². The van der Waals surface area contributed by atoms with Crippen LogP contribution < -0.4 is 15.4 Å². The number of aromatic nitrogens is 4. The van der Waals surface area contributed by atoms with E-state index in [4.69, 9.17) is 9.97 Å². The molecule has 4 aromatic rings. The fraction of sp³-hybridized carbons (Fsp3) is 0.414. The number of fused-ring (bicyclic) bond motifs is 1. The van der Waals surface area contributed by atoms with E-state index in [2.05, 4.69) is 40.8 Å². The standard InChI is InChI=1S/C28H34BrN7O2S.CH4/c29-23-10-12-24(13-11-23)39(37,38)33-19-22-8-6-21(7-9-22)18-32-28-34-26-5-2-1-4-25(26)27(35-28)31-14-3-16-36-17-15-30-20-36;/h1-2,4-5,10-13,15,17,20-22,33H,3,6-9,14,16,18-19H2,(H2,31,32,34,35);1H4. The number of anilines is 2. The second-order valence-electron chi connectivity index (χ2n) is 10.1. The highest BCUT2D eigenvalue weighted by Gasteiger charge is 2.23. The third kappa shape index (κ3) is 8.02. The van der Waals surface area contributed by atoms with Crippen molar-refractivity contribution in [1.82, 2.24) is 24.2 Å². The van der Waals surface area contributed by atoms with Crippen LogP contribution in [0.5, 0.6) is 0 Å². The molecule has 2 aromatic heterocycles. The molecule has 1 saturated carbocycles. The number of halogens is 1. The highest BCUT2D eigenvalue weighted by Crippen LogP contribution is 2.29. The van der Waals surface area contributed by atoms with Crippen molar-refractivity contribution in [2.45, 2.75) is 51.0 Å². The largest absolute Gasteiger partial charge is 0.369 e. The molecule has 11 heteroatoms. The van der Waals surface area contributed by atoms with Crippen molar-refractivity contribution in [2.75, 3.05) is 30.3 Å². The van der Waals surface area contributed by atoms with Gasteiger partial charge in [0.15, 0.2) is 0 Å². The van der Waals surface area contributed by atoms with Gasteiger partial charge in [0.05, 0.1) is 16.7 Å². The van der Waals surface area contributed by atoms with Gasteiger partial charge in [-0.15, -0.1) is 0 Å². The Balaban J connectivity index is 0.00000370. The second-order valence-corrected chi connectivity index (χ2v) is 12.7. The van der Waals surface area contributed by atoms with E-state index in [9.17, 15) is 8.42 Å². The van der Waals surface area contributed by atoms with Gasteiger partial charge in [0.2, 0.25) is 16.0 Å². The zero-order valence-electron chi connectivity index (χ0n) is 21.8. The van der Waals surface area contributed by atoms with E-state index in [1.54, 1.807) is 30.5 Å². The normalized spacial score (nSPS) is 17.3. The summed E-state index contributed by atoms with van der Waals surface area (Å²) >= 11 is 3.35. The number of aryl methyl sites for hydroxylation is 1. The van der Waals surface area contributed by atoms with E-state index in [1.807, 2.05) is 36.8 Å². The minimum Gasteiger partial charge on any atom is -0.369 e. The Morgan fingerprint density at radius 1 is 0.925 bits per heavy atom. The average Bonchev–Trinajstić information content (AvgIpc) is 3.47. The SMILES string of the molecule is C.O=S(=O)(NCC1CCC(CNc2nc(NCCCn3ccnc3)c3ccccc3n2)CC1)c1ccc(Br)cc1. The molecule has 0 atom stereocenters. The summed E-state index contributed by atoms with van der Waals surface area (Å²) in [5.41, 5.74) is 0.911. The Morgan fingerprint density at radius 3 is 2.38 bits per heavy atom. The fourth-order valence-corrected chi connectivity index (χ4v) is 6.36. The van der Waals surface area contributed by atoms with Gasteiger partial charge in [-0.25, -0.2) is 23.1 Å². The van der Waals surface area contributed by atoms with Crippen LogP contribution in [0.1, 0.15) is 39.5 Å². The first-order valence-electron chi connectivity index (χ1n) is 13.4. The van der Waals surface area contributed by atoms with Crippen LogP contribution in [0.4, 0.5) is 11.8 Å². The number of nitrogens with one attached hydrogen (secondary N) is 3. The third-order valence-corrected chi connectivity index (χ3v) is 9.22. The molecule has 0 unspecified atom stereocenters. The van der Waals surface area contributed by atoms with Crippen LogP contribution in [-0.2, 0) is 16.6 Å². The number of imidazole rings is 1. The molecule has 214 valence electrons. The lowest BCUT2D eigenvalue weighted by atomic mass is 9.82. The maximum atomic E-state index is 12.6. The summed E-state index contributed by atoms with van der Waals surface area (Å²) in [5, 5.41) is 7.97. The number of rotatable bonds is 12. The first-order valence-corrected chi connectivity index (χ1v) is 15.7. The van der Waals surface area contributed by atoms with Gasteiger partial charge in [-0.05, 0) is 80.3 Å². The van der Waals surface area contributed by atoms with Gasteiger partial charge in [0, 0.05) is 48.4 Å². The van der Waals surface area contributed by atoms with Gasteiger partial charge in [-0.1, -0.05) is 35.5 Å². The lowest BCUT2D eigenvalue weighted by Crippen LogP contribution is -2.32. The van der Waals surface area contributed by atoms with Crippen LogP contribution in [0.3, 0.4) is 0 Å². The number of para-hydroxylation sites is 1. The van der Waals surface area contributed by atoms with Crippen LogP contribution in [0.25, 0.3) is 10.9 Å². The van der Waals surface area contributed by atoms with Crippen molar-refractivity contribution < 1.29 is 8.42 Å². The maximum Gasteiger partial charge on any atom is 0.240 e. The molecule has 9 nitrogen and oxygen atoms in total. The van der Waals surface area contributed by atoms with E-state index in [0.29, 0.717) is 29.2 Å². The molecule has 0 radical (unpaired) electrons. The number of nitrogens with zero attached hydrogens (tertiary/aromatic N) is 4. The van der Waals surface area contributed by atoms with E-state index >= 15 is 0 Å². The van der Waals surface area contributed by atoms with Gasteiger partial charge < -0.3 is 15.2 Å². The second kappa shape index (κ2) is 14.0. The molecule has 2 aromatic carbocycles. The molecule has 1 aliphatic rings. The van der Waals surface area contributed by atoms with Crippen molar-refractivity contribution in [1.29, 1.82) is 0 Å². The zero-order chi connectivity index (χ0) is 27.1. The number of sulfonamides is 1. The van der Waals surface area contributed by atoms with Crippen LogP contribution >= 0.6 is 15.9 Å². The quantitative estimate of drug-likeness (QED) is 0.167. The molecule has 3 N–H and O–H groups in total. The Kier molecular flexibility index (Phi) is 10.5. The smallest absolute Gasteiger partial charge is 0.240 e. The van der Waals surface area contributed by atoms with E-state index in [1.165, 1.54) is 0 Å². The van der Waals surface area contributed by atoms with Crippen LogP contribution in [0.15, 0.2) is 76.6 Å². The topological polar surface area (TPSA) is 114 Å². The molecule has 1 fully saturated rings. The average molecular weight is 629 g/mol. The molecule has 0 aliphatic heterocycles. The summed E-state index contributed by atoms with van der Waals surface area (Å²) in [6.07, 6.45) is 10.6. The van der Waals surface area contributed by atoms with Crippen molar-refractivity contribution in [3.05, 3.63) is 71.7 Å². The van der Waals surface area contributed by atoms with E-state index in [-0.39, 0.29) is 7.43 Å². The van der Waals surface area contributed by atoms with E-state index < -0.39 is 10.0 Å². The summed E-state index contributed by atoms with van der Waals surface area (Å²) in [4.78, 5) is 13.9. The zero-order valence-corrected chi connectivity index (χ0v) is 24.2. The fourth-order valence-electron chi connectivity index (χ4n) is 4.98. The molecule has 5 rings (SSSR count). The summed E-state index contributed by atoms with van der Waals surface area (Å²) in [6.45, 7) is 2.97. The lowest BCUT2D eigenvalue weighted by Gasteiger charge is -2.28. The van der Waals surface area contributed by atoms with E-state index in [0.717, 1.165) is 72.9 Å². The van der Waals surface area contributed by atoms with Gasteiger partial charge in [0.25, 0.3) is 0 Å². The van der Waals surface area contributed by atoms with Crippen molar-refractivity contribution >= 4 is 48.6 Å². The highest BCUT2D eigenvalue weighted by molar-refractivity contribution is 9.10. The summed E-state index contributed by atoms with van der Waals surface area (Å²) < 4.78 is 30.9.